The minimum atomic E-state index is -0.696. The number of nitrogens with zero attached hydrogens (tertiary/aromatic N) is 2. The predicted molar refractivity (Wildman–Crippen MR) is 59.3 cm³/mol. The van der Waals surface area contributed by atoms with Crippen LogP contribution in [0.2, 0.25) is 0 Å². The number of nitrogens with two attached hydrogens (primary N) is 1. The van der Waals surface area contributed by atoms with Crippen molar-refractivity contribution in [2.45, 2.75) is 20.8 Å². The topological polar surface area (TPSA) is 116 Å². The van der Waals surface area contributed by atoms with E-state index in [1.165, 1.54) is 0 Å². The van der Waals surface area contributed by atoms with Crippen molar-refractivity contribution in [3.63, 3.8) is 0 Å². The number of amides is 1. The summed E-state index contributed by atoms with van der Waals surface area (Å²) in [5, 5.41) is 20.6. The SMILES string of the molecule is Cc1n[nH]c(C)c1NC(=O)C(C)C(N)=NO. The molecule has 1 heterocycles. The normalized spacial score (nSPS) is 13.6. The lowest BCUT2D eigenvalue weighted by atomic mass is 10.1. The molecule has 7 heteroatoms. The molecule has 1 rings (SSSR count). The van der Waals surface area contributed by atoms with Crippen LogP contribution < -0.4 is 11.1 Å². The number of oxime groups is 1. The van der Waals surface area contributed by atoms with Gasteiger partial charge in [-0.3, -0.25) is 9.89 Å². The lowest BCUT2D eigenvalue weighted by Gasteiger charge is -2.10. The first-order valence-electron chi connectivity index (χ1n) is 4.77. The van der Waals surface area contributed by atoms with E-state index in [2.05, 4.69) is 20.7 Å². The maximum absolute atomic E-state index is 11.7. The third-order valence-corrected chi connectivity index (χ3v) is 2.33. The zero-order chi connectivity index (χ0) is 12.3. The molecule has 0 radical (unpaired) electrons. The van der Waals surface area contributed by atoms with Crippen LogP contribution >= 0.6 is 0 Å². The van der Waals surface area contributed by atoms with E-state index in [-0.39, 0.29) is 11.7 Å². The Bertz CT molecular complexity index is 404. The molecule has 0 aliphatic heterocycles. The summed E-state index contributed by atoms with van der Waals surface area (Å²) in [7, 11) is 0. The van der Waals surface area contributed by atoms with Gasteiger partial charge in [-0.05, 0) is 20.8 Å². The summed E-state index contributed by atoms with van der Waals surface area (Å²) in [4.78, 5) is 11.7. The van der Waals surface area contributed by atoms with Crippen LogP contribution in [0.1, 0.15) is 18.3 Å². The summed E-state index contributed by atoms with van der Waals surface area (Å²) in [5.74, 6) is -1.17. The molecule has 1 aromatic heterocycles. The zero-order valence-corrected chi connectivity index (χ0v) is 9.40. The fourth-order valence-electron chi connectivity index (χ4n) is 1.19. The van der Waals surface area contributed by atoms with Gasteiger partial charge >= 0.3 is 0 Å². The standard InChI is InChI=1S/C9H15N5O2/c1-4(8(10)14-16)9(15)11-7-5(2)12-13-6(7)3/h4,16H,1-3H3,(H2,10,14)(H,11,15)(H,12,13). The second-order valence-corrected chi connectivity index (χ2v) is 3.54. The van der Waals surface area contributed by atoms with Gasteiger partial charge in [0, 0.05) is 0 Å². The Kier molecular flexibility index (Phi) is 3.49. The molecule has 1 aromatic rings. The molecule has 0 saturated heterocycles. The highest BCUT2D eigenvalue weighted by atomic mass is 16.4. The molecule has 0 spiro atoms. The van der Waals surface area contributed by atoms with Gasteiger partial charge in [0.25, 0.3) is 0 Å². The van der Waals surface area contributed by atoms with Crippen molar-refractivity contribution >= 4 is 17.4 Å². The van der Waals surface area contributed by atoms with Gasteiger partial charge in [-0.15, -0.1) is 0 Å². The smallest absolute Gasteiger partial charge is 0.235 e. The van der Waals surface area contributed by atoms with Gasteiger partial charge in [-0.2, -0.15) is 5.10 Å². The number of hydrogen-bond donors (Lipinski definition) is 4. The number of hydrogen-bond acceptors (Lipinski definition) is 4. The van der Waals surface area contributed by atoms with Gasteiger partial charge < -0.3 is 16.3 Å². The maximum atomic E-state index is 11.7. The number of carbonyl (C=O) groups excluding carboxylic acids is 1. The molecule has 0 aliphatic rings. The fourth-order valence-corrected chi connectivity index (χ4v) is 1.19. The van der Waals surface area contributed by atoms with Crippen molar-refractivity contribution in [1.29, 1.82) is 0 Å². The highest BCUT2D eigenvalue weighted by Gasteiger charge is 2.19. The Hall–Kier alpha value is -2.05. The van der Waals surface area contributed by atoms with E-state index in [9.17, 15) is 4.79 Å². The molecule has 88 valence electrons. The second-order valence-electron chi connectivity index (χ2n) is 3.54. The van der Waals surface area contributed by atoms with Gasteiger partial charge in [-0.25, -0.2) is 0 Å². The van der Waals surface area contributed by atoms with Crippen molar-refractivity contribution in [3.8, 4) is 0 Å². The lowest BCUT2D eigenvalue weighted by Crippen LogP contribution is -2.32. The fraction of sp³-hybridized carbons (Fsp3) is 0.444. The molecule has 1 amide bonds. The number of amidine groups is 1. The number of anilines is 1. The number of H-pyrrole nitrogens is 1. The summed E-state index contributed by atoms with van der Waals surface area (Å²) in [6, 6.07) is 0. The van der Waals surface area contributed by atoms with E-state index in [1.807, 2.05) is 0 Å². The zero-order valence-electron chi connectivity index (χ0n) is 9.40. The molecule has 0 fully saturated rings. The first-order valence-corrected chi connectivity index (χ1v) is 4.77. The number of nitrogens with one attached hydrogen (secondary N) is 2. The Morgan fingerprint density at radius 2 is 2.25 bits per heavy atom. The van der Waals surface area contributed by atoms with E-state index >= 15 is 0 Å². The molecule has 1 unspecified atom stereocenters. The van der Waals surface area contributed by atoms with Gasteiger partial charge in [0.1, 0.15) is 0 Å². The van der Waals surface area contributed by atoms with E-state index in [0.29, 0.717) is 11.4 Å². The molecule has 5 N–H and O–H groups in total. The quantitative estimate of drug-likeness (QED) is 0.257. The number of aryl methyl sites for hydroxylation is 2. The monoisotopic (exact) mass is 225 g/mol. The third-order valence-electron chi connectivity index (χ3n) is 2.33. The summed E-state index contributed by atoms with van der Waals surface area (Å²) in [6.07, 6.45) is 0. The average molecular weight is 225 g/mol. The van der Waals surface area contributed by atoms with Crippen LogP contribution in [0, 0.1) is 19.8 Å². The summed E-state index contributed by atoms with van der Waals surface area (Å²) >= 11 is 0. The van der Waals surface area contributed by atoms with Crippen LogP contribution in [0.4, 0.5) is 5.69 Å². The van der Waals surface area contributed by atoms with E-state index in [0.717, 1.165) is 5.69 Å². The average Bonchev–Trinajstić information content (AvgIpc) is 2.58. The van der Waals surface area contributed by atoms with E-state index in [1.54, 1.807) is 20.8 Å². The minimum absolute atomic E-state index is 0.128. The van der Waals surface area contributed by atoms with Crippen molar-refractivity contribution in [1.82, 2.24) is 10.2 Å². The summed E-state index contributed by atoms with van der Waals surface area (Å²) in [5.41, 5.74) is 7.42. The number of rotatable bonds is 3. The van der Waals surface area contributed by atoms with E-state index in [4.69, 9.17) is 10.9 Å². The molecular formula is C9H15N5O2. The Morgan fingerprint density at radius 3 is 2.69 bits per heavy atom. The van der Waals surface area contributed by atoms with Crippen molar-refractivity contribution in [2.75, 3.05) is 5.32 Å². The highest BCUT2D eigenvalue weighted by Crippen LogP contribution is 2.16. The molecule has 0 aliphatic carbocycles. The van der Waals surface area contributed by atoms with Crippen LogP contribution in [0.3, 0.4) is 0 Å². The van der Waals surface area contributed by atoms with E-state index < -0.39 is 5.92 Å². The molecule has 0 saturated carbocycles. The molecule has 7 nitrogen and oxygen atoms in total. The first-order chi connectivity index (χ1) is 7.47. The Morgan fingerprint density at radius 1 is 1.62 bits per heavy atom. The summed E-state index contributed by atoms with van der Waals surface area (Å²) < 4.78 is 0. The second kappa shape index (κ2) is 4.65. The molecular weight excluding hydrogens is 210 g/mol. The van der Waals surface area contributed by atoms with Crippen molar-refractivity contribution in [2.24, 2.45) is 16.8 Å². The molecule has 1 atom stereocenters. The maximum Gasteiger partial charge on any atom is 0.235 e. The van der Waals surface area contributed by atoms with Crippen LogP contribution in [-0.4, -0.2) is 27.1 Å². The predicted octanol–water partition coefficient (Wildman–Crippen LogP) is 0.348. The minimum Gasteiger partial charge on any atom is -0.409 e. The Labute approximate surface area is 92.7 Å². The highest BCUT2D eigenvalue weighted by molar-refractivity contribution is 6.07. The van der Waals surface area contributed by atoms with Gasteiger partial charge in [0.15, 0.2) is 5.84 Å². The number of aromatic amines is 1. The van der Waals surface area contributed by atoms with Crippen LogP contribution in [0.15, 0.2) is 5.16 Å². The van der Waals surface area contributed by atoms with Crippen molar-refractivity contribution < 1.29 is 10.0 Å². The van der Waals surface area contributed by atoms with Crippen molar-refractivity contribution in [3.05, 3.63) is 11.4 Å². The lowest BCUT2D eigenvalue weighted by molar-refractivity contribution is -0.117. The van der Waals surface area contributed by atoms with Gasteiger partial charge in [0.05, 0.1) is 23.0 Å². The first kappa shape index (κ1) is 12.0. The summed E-state index contributed by atoms with van der Waals surface area (Å²) in [6.45, 7) is 5.12. The Balaban J connectivity index is 2.79. The van der Waals surface area contributed by atoms with Crippen LogP contribution in [-0.2, 0) is 4.79 Å². The molecule has 16 heavy (non-hydrogen) atoms. The van der Waals surface area contributed by atoms with Crippen LogP contribution in [0.5, 0.6) is 0 Å². The third kappa shape index (κ3) is 2.30. The number of carbonyl (C=O) groups is 1. The number of aromatic nitrogens is 2. The molecule has 0 bridgehead atoms. The largest absolute Gasteiger partial charge is 0.409 e. The van der Waals surface area contributed by atoms with Gasteiger partial charge in [0.2, 0.25) is 5.91 Å². The van der Waals surface area contributed by atoms with Gasteiger partial charge in [-0.1, -0.05) is 5.16 Å². The molecule has 0 aromatic carbocycles. The van der Waals surface area contributed by atoms with Crippen LogP contribution in [0.25, 0.3) is 0 Å².